The molecular weight excluding hydrogens is 1260 g/mol. The van der Waals surface area contributed by atoms with Gasteiger partial charge < -0.3 is 0 Å². The molecule has 0 nitrogen and oxygen atoms in total. The van der Waals surface area contributed by atoms with Crippen molar-refractivity contribution in [1.29, 1.82) is 0 Å². The third kappa shape index (κ3) is 30.0. The minimum absolute atomic E-state index is 1.11. The molecule has 0 heteroatoms. The molecule has 27 aliphatic carbocycles. The fraction of sp³-hybridized carbons (Fsp3) is 1.00. The van der Waals surface area contributed by atoms with Crippen LogP contribution in [0.5, 0.6) is 0 Å². The van der Waals surface area contributed by atoms with E-state index in [1.54, 1.807) is 385 Å². The average molecular weight is 1450 g/mol. The zero-order valence-corrected chi connectivity index (χ0v) is 71.1. The third-order valence-corrected chi connectivity index (χ3v) is 37.0. The van der Waals surface area contributed by atoms with Gasteiger partial charge >= 0.3 is 0 Å². The highest BCUT2D eigenvalue weighted by Crippen LogP contribution is 2.65. The van der Waals surface area contributed by atoms with Crippen LogP contribution in [0.2, 0.25) is 0 Å². The van der Waals surface area contributed by atoms with Gasteiger partial charge in [0.15, 0.2) is 0 Å². The monoisotopic (exact) mass is 1450 g/mol. The second kappa shape index (κ2) is 47.1. The first-order valence-corrected chi connectivity index (χ1v) is 51.9. The molecular formula is C105H186. The lowest BCUT2D eigenvalue weighted by molar-refractivity contribution is 0.176. The summed E-state index contributed by atoms with van der Waals surface area (Å²) in [5.41, 5.74) is 0. The van der Waals surface area contributed by atoms with E-state index in [0.717, 1.165) is 118 Å². The van der Waals surface area contributed by atoms with Crippen molar-refractivity contribution in [1.82, 2.24) is 0 Å². The molecule has 27 saturated carbocycles. The molecule has 0 radical (unpaired) electrons. The molecule has 0 aliphatic heterocycles. The van der Waals surface area contributed by atoms with Crippen molar-refractivity contribution in [3.05, 3.63) is 0 Å². The molecule has 0 aromatic carbocycles. The predicted molar refractivity (Wildman–Crippen MR) is 458 cm³/mol. The molecule has 0 saturated heterocycles. The maximum absolute atomic E-state index is 1.62. The smallest absolute Gasteiger partial charge is 0.0352 e. The summed E-state index contributed by atoms with van der Waals surface area (Å²) in [6.07, 6.45) is 126. The molecule has 105 heavy (non-hydrogen) atoms. The van der Waals surface area contributed by atoms with E-state index in [0.29, 0.717) is 0 Å². The van der Waals surface area contributed by atoms with E-state index in [1.165, 1.54) is 159 Å². The minimum atomic E-state index is 1.11. The highest BCUT2D eigenvalue weighted by molar-refractivity contribution is 5.06. The van der Waals surface area contributed by atoms with Crippen molar-refractivity contribution in [2.45, 2.75) is 520 Å². The molecule has 27 fully saturated rings. The van der Waals surface area contributed by atoms with Gasteiger partial charge in [-0.3, -0.25) is 0 Å². The molecule has 22 bridgehead atoms. The van der Waals surface area contributed by atoms with Gasteiger partial charge in [0.05, 0.1) is 0 Å². The quantitative estimate of drug-likeness (QED) is 0.227. The Bertz CT molecular complexity index is 1950. The van der Waals surface area contributed by atoms with Gasteiger partial charge in [-0.2, -0.15) is 0 Å². The second-order valence-corrected chi connectivity index (χ2v) is 44.6. The minimum Gasteiger partial charge on any atom is -0.0530 e. The normalized spacial score (nSPS) is 43.2. The van der Waals surface area contributed by atoms with Crippen molar-refractivity contribution in [3.63, 3.8) is 0 Å². The topological polar surface area (TPSA) is 0 Å². The van der Waals surface area contributed by atoms with Gasteiger partial charge in [-0.1, -0.05) is 469 Å². The number of hydrogen-bond donors (Lipinski definition) is 0. The van der Waals surface area contributed by atoms with Gasteiger partial charge in [0.1, 0.15) is 0 Å². The summed E-state index contributed by atoms with van der Waals surface area (Å²) >= 11 is 0. The maximum atomic E-state index is 1.62. The molecule has 0 amide bonds. The Morgan fingerprint density at radius 2 is 0.190 bits per heavy atom. The first kappa shape index (κ1) is 83.0. The van der Waals surface area contributed by atoms with Crippen LogP contribution in [-0.2, 0) is 0 Å². The summed E-state index contributed by atoms with van der Waals surface area (Å²) in [4.78, 5) is 0. The van der Waals surface area contributed by atoms with E-state index in [4.69, 9.17) is 0 Å². The Kier molecular flexibility index (Phi) is 37.2. The number of hydrogen-bond acceptors (Lipinski definition) is 0. The molecule has 27 rings (SSSR count). The molecule has 606 valence electrons. The molecule has 0 aromatic rings. The summed E-state index contributed by atoms with van der Waals surface area (Å²) in [5, 5.41) is 0. The first-order chi connectivity index (χ1) is 51.9. The lowest BCUT2D eigenvalue weighted by Crippen LogP contribution is -2.21. The van der Waals surface area contributed by atoms with E-state index in [9.17, 15) is 0 Å². The SMILES string of the molecule is C1CC2CC1C1CC21.C1CC2CCC(C1)C2.C1CC2CCC(C1)CC2.C1CC2CCC1CC2.C1CC2CCCC(C1)C2.C1CC2CCCC(C1)CC2.C1CC2CCCC(C1)CCC2.C1CCC2CCC(C1)C2.C1CCC2CCCC(C1)C2.C1CCC2CCCC(C1)CC2.C1CCC2CCCC(C1)CCC2. The zero-order valence-electron chi connectivity index (χ0n) is 71.1. The highest BCUT2D eigenvalue weighted by Gasteiger charge is 2.57. The maximum Gasteiger partial charge on any atom is -0.0352 e. The van der Waals surface area contributed by atoms with Crippen LogP contribution in [0.1, 0.15) is 520 Å². The van der Waals surface area contributed by atoms with Crippen LogP contribution in [0.25, 0.3) is 0 Å². The van der Waals surface area contributed by atoms with Crippen LogP contribution in [0.3, 0.4) is 0 Å². The van der Waals surface area contributed by atoms with Crippen LogP contribution < -0.4 is 0 Å². The Hall–Kier alpha value is 0. The van der Waals surface area contributed by atoms with Crippen molar-refractivity contribution >= 4 is 0 Å². The Balaban J connectivity index is 0.000000103. The van der Waals surface area contributed by atoms with E-state index in [1.807, 2.05) is 0 Å². The Labute approximate surface area is 658 Å². The van der Waals surface area contributed by atoms with Crippen molar-refractivity contribution in [2.24, 2.45) is 142 Å². The van der Waals surface area contributed by atoms with Crippen molar-refractivity contribution in [2.75, 3.05) is 0 Å². The standard InChI is InChI=1S/C12H22.2C11H20.2C10H18.3C9H16.C8H12.2C8H14/c1-2-6-12-9-3-7-11(5-1)8-4-10-12;1-4-10-6-2-7-11(5-1)9-3-8-10;1-2-5-11-7-3-6-10(4-1)8-9-11;1-3-9-5-2-6-10(4-1)8-7-9;1-2-5-10-7-3-6-9(4-1)8-10;1-3-8-5-2-6-9(4-1)7-8;1-2-8-4-6-9(3-1)7-5-8;1-2-4-9-6-5-8(3-1)7-9;1-2-6-3-5(1)7-4-8(6)7;1-2-8-5-3-7(1)4-6-8;1-2-7-4-5-8(3-1)6-7/h11-12H,1-10H2;2*10-11H,1-9H2;2*9-10H,1-8H2;3*8-9H,1-7H2;5-8H,1-4H2;2*7-8H,1-6H2. The van der Waals surface area contributed by atoms with Crippen LogP contribution in [-0.4, -0.2) is 0 Å². The van der Waals surface area contributed by atoms with E-state index >= 15 is 0 Å². The van der Waals surface area contributed by atoms with Gasteiger partial charge in [0.2, 0.25) is 0 Å². The van der Waals surface area contributed by atoms with Crippen molar-refractivity contribution < 1.29 is 0 Å². The fourth-order valence-corrected chi connectivity index (χ4v) is 30.0. The number of fused-ring (bicyclic) bond motifs is 39. The Morgan fingerprint density at radius 3 is 0.362 bits per heavy atom. The summed E-state index contributed by atoms with van der Waals surface area (Å²) in [5.74, 6) is 27.7. The van der Waals surface area contributed by atoms with Gasteiger partial charge in [0.25, 0.3) is 0 Å². The lowest BCUT2D eigenvalue weighted by Gasteiger charge is -2.35. The molecule has 0 heterocycles. The van der Waals surface area contributed by atoms with Gasteiger partial charge in [-0.25, -0.2) is 0 Å². The van der Waals surface area contributed by atoms with Crippen molar-refractivity contribution in [3.8, 4) is 0 Å². The van der Waals surface area contributed by atoms with Gasteiger partial charge in [-0.15, -0.1) is 0 Å². The van der Waals surface area contributed by atoms with Crippen LogP contribution in [0.4, 0.5) is 0 Å². The second-order valence-electron chi connectivity index (χ2n) is 44.6. The molecule has 12 unspecified atom stereocenters. The zero-order chi connectivity index (χ0) is 71.1. The fourth-order valence-electron chi connectivity index (χ4n) is 30.0. The summed E-state index contributed by atoms with van der Waals surface area (Å²) in [6.45, 7) is 0. The summed E-state index contributed by atoms with van der Waals surface area (Å²) in [6, 6.07) is 0. The van der Waals surface area contributed by atoms with E-state index in [2.05, 4.69) is 0 Å². The van der Waals surface area contributed by atoms with E-state index in [-0.39, 0.29) is 0 Å². The molecule has 0 N–H and O–H groups in total. The molecule has 0 spiro atoms. The van der Waals surface area contributed by atoms with Gasteiger partial charge in [-0.05, 0) is 193 Å². The van der Waals surface area contributed by atoms with Crippen LogP contribution in [0, 0.1) is 142 Å². The largest absolute Gasteiger partial charge is 0.0530 e. The summed E-state index contributed by atoms with van der Waals surface area (Å²) in [7, 11) is 0. The highest BCUT2D eigenvalue weighted by atomic mass is 14.6. The van der Waals surface area contributed by atoms with Crippen LogP contribution >= 0.6 is 0 Å². The van der Waals surface area contributed by atoms with Gasteiger partial charge in [0, 0.05) is 0 Å². The molecule has 12 atom stereocenters. The predicted octanol–water partition coefficient (Wildman–Crippen LogP) is 34.6. The molecule has 0 aromatic heterocycles. The number of rotatable bonds is 0. The average Bonchev–Trinajstić information content (AvgIpc) is 1.58. The molecule has 27 aliphatic rings. The summed E-state index contributed by atoms with van der Waals surface area (Å²) < 4.78 is 0. The first-order valence-electron chi connectivity index (χ1n) is 51.9. The lowest BCUT2D eigenvalue weighted by atomic mass is 9.71. The third-order valence-electron chi connectivity index (χ3n) is 37.0. The Morgan fingerprint density at radius 1 is 0.0762 bits per heavy atom. The van der Waals surface area contributed by atoms with E-state index < -0.39 is 0 Å². The van der Waals surface area contributed by atoms with Crippen LogP contribution in [0.15, 0.2) is 0 Å².